The van der Waals surface area contributed by atoms with Crippen molar-refractivity contribution in [1.82, 2.24) is 5.32 Å². The molecular formula is C11H15NOS. The van der Waals surface area contributed by atoms with Crippen LogP contribution in [0.15, 0.2) is 23.1 Å². The van der Waals surface area contributed by atoms with Crippen molar-refractivity contribution < 1.29 is 5.11 Å². The summed E-state index contributed by atoms with van der Waals surface area (Å²) in [7, 11) is 0. The number of rotatable bonds is 2. The summed E-state index contributed by atoms with van der Waals surface area (Å²) in [6.07, 6.45) is 4.39. The van der Waals surface area contributed by atoms with Gasteiger partial charge in [0.2, 0.25) is 0 Å². The Morgan fingerprint density at radius 2 is 2.36 bits per heavy atom. The van der Waals surface area contributed by atoms with Crippen LogP contribution >= 0.6 is 11.8 Å². The number of thioether (sulfide) groups is 1. The second-order valence-corrected chi connectivity index (χ2v) is 4.45. The molecule has 0 spiro atoms. The molecule has 0 saturated carbocycles. The van der Waals surface area contributed by atoms with Gasteiger partial charge >= 0.3 is 0 Å². The lowest BCUT2D eigenvalue weighted by molar-refractivity contribution is 0.456. The lowest BCUT2D eigenvalue weighted by atomic mass is 10.0. The molecule has 14 heavy (non-hydrogen) atoms. The molecule has 2 N–H and O–H groups in total. The lowest BCUT2D eigenvalue weighted by Crippen LogP contribution is -2.12. The maximum Gasteiger partial charge on any atom is 0.120 e. The molecule has 0 aliphatic carbocycles. The van der Waals surface area contributed by atoms with Gasteiger partial charge in [0.15, 0.2) is 0 Å². The smallest absolute Gasteiger partial charge is 0.120 e. The third-order valence-corrected chi connectivity index (χ3v) is 3.40. The molecule has 0 amide bonds. The SMILES string of the molecule is CSc1ccc(O)c([C@@H]2CCCN2)c1. The third-order valence-electron chi connectivity index (χ3n) is 2.67. The van der Waals surface area contributed by atoms with Gasteiger partial charge in [-0.3, -0.25) is 0 Å². The number of benzene rings is 1. The molecule has 2 nitrogen and oxygen atoms in total. The van der Waals surface area contributed by atoms with Crippen molar-refractivity contribution in [2.24, 2.45) is 0 Å². The van der Waals surface area contributed by atoms with Crippen molar-refractivity contribution in [1.29, 1.82) is 0 Å². The van der Waals surface area contributed by atoms with Gasteiger partial charge in [-0.15, -0.1) is 11.8 Å². The fourth-order valence-corrected chi connectivity index (χ4v) is 2.34. The zero-order valence-corrected chi connectivity index (χ0v) is 9.10. The van der Waals surface area contributed by atoms with Gasteiger partial charge in [-0.05, 0) is 43.8 Å². The van der Waals surface area contributed by atoms with E-state index in [2.05, 4.69) is 17.6 Å². The van der Waals surface area contributed by atoms with Gasteiger partial charge < -0.3 is 10.4 Å². The molecule has 2 rings (SSSR count). The Hall–Kier alpha value is -0.670. The number of phenolic OH excluding ortho intramolecular Hbond substituents is 1. The molecular weight excluding hydrogens is 194 g/mol. The summed E-state index contributed by atoms with van der Waals surface area (Å²) in [5, 5.41) is 13.1. The normalized spacial score (nSPS) is 21.4. The summed E-state index contributed by atoms with van der Waals surface area (Å²) in [6.45, 7) is 1.06. The molecule has 0 aromatic heterocycles. The Morgan fingerprint density at radius 1 is 1.50 bits per heavy atom. The van der Waals surface area contributed by atoms with Crippen molar-refractivity contribution in [2.45, 2.75) is 23.8 Å². The molecule has 1 aliphatic heterocycles. The summed E-state index contributed by atoms with van der Waals surface area (Å²) >= 11 is 1.71. The number of phenols is 1. The van der Waals surface area contributed by atoms with E-state index in [1.807, 2.05) is 6.07 Å². The van der Waals surface area contributed by atoms with Gasteiger partial charge in [-0.25, -0.2) is 0 Å². The van der Waals surface area contributed by atoms with Crippen LogP contribution in [0.25, 0.3) is 0 Å². The summed E-state index contributed by atoms with van der Waals surface area (Å²) < 4.78 is 0. The molecule has 76 valence electrons. The van der Waals surface area contributed by atoms with Crippen molar-refractivity contribution in [3.05, 3.63) is 23.8 Å². The maximum absolute atomic E-state index is 9.74. The molecule has 3 heteroatoms. The number of hydrogen-bond acceptors (Lipinski definition) is 3. The average molecular weight is 209 g/mol. The minimum atomic E-state index is 0.349. The van der Waals surface area contributed by atoms with Gasteiger partial charge in [-0.2, -0.15) is 0 Å². The molecule has 0 unspecified atom stereocenters. The van der Waals surface area contributed by atoms with Crippen molar-refractivity contribution in [3.8, 4) is 5.75 Å². The third kappa shape index (κ3) is 1.88. The van der Waals surface area contributed by atoms with Crippen LogP contribution in [-0.2, 0) is 0 Å². The Labute approximate surface area is 88.7 Å². The topological polar surface area (TPSA) is 32.3 Å². The van der Waals surface area contributed by atoms with Crippen molar-refractivity contribution >= 4 is 11.8 Å². The van der Waals surface area contributed by atoms with Gasteiger partial charge in [-0.1, -0.05) is 0 Å². The second-order valence-electron chi connectivity index (χ2n) is 3.57. The Kier molecular flexibility index (Phi) is 2.99. The first-order valence-electron chi connectivity index (χ1n) is 4.91. The molecule has 0 bridgehead atoms. The first-order chi connectivity index (χ1) is 6.81. The highest BCUT2D eigenvalue weighted by Gasteiger charge is 2.19. The summed E-state index contributed by atoms with van der Waals surface area (Å²) in [5.41, 5.74) is 1.05. The van der Waals surface area contributed by atoms with Crippen LogP contribution in [0.4, 0.5) is 0 Å². The van der Waals surface area contributed by atoms with E-state index in [-0.39, 0.29) is 0 Å². The van der Waals surface area contributed by atoms with Crippen LogP contribution in [0, 0.1) is 0 Å². The maximum atomic E-state index is 9.74. The van der Waals surface area contributed by atoms with Crippen LogP contribution in [0.1, 0.15) is 24.4 Å². The zero-order valence-electron chi connectivity index (χ0n) is 8.29. The average Bonchev–Trinajstić information content (AvgIpc) is 2.71. The lowest BCUT2D eigenvalue weighted by Gasteiger charge is -2.13. The quantitative estimate of drug-likeness (QED) is 0.734. The second kappa shape index (κ2) is 4.24. The van der Waals surface area contributed by atoms with Crippen LogP contribution in [-0.4, -0.2) is 17.9 Å². The van der Waals surface area contributed by atoms with E-state index in [1.165, 1.54) is 11.3 Å². The first kappa shape index (κ1) is 9.87. The number of hydrogen-bond donors (Lipinski definition) is 2. The summed E-state index contributed by atoms with van der Waals surface area (Å²) in [5.74, 6) is 0.419. The van der Waals surface area contributed by atoms with Crippen LogP contribution in [0.5, 0.6) is 5.75 Å². The molecule has 1 saturated heterocycles. The first-order valence-corrected chi connectivity index (χ1v) is 6.14. The minimum Gasteiger partial charge on any atom is -0.508 e. The molecule has 1 aliphatic rings. The highest BCUT2D eigenvalue weighted by atomic mass is 32.2. The molecule has 1 heterocycles. The van der Waals surface area contributed by atoms with E-state index in [0.717, 1.165) is 18.5 Å². The zero-order chi connectivity index (χ0) is 9.97. The van der Waals surface area contributed by atoms with Gasteiger partial charge in [0.25, 0.3) is 0 Å². The van der Waals surface area contributed by atoms with E-state index in [9.17, 15) is 5.11 Å². The van der Waals surface area contributed by atoms with Crippen molar-refractivity contribution in [2.75, 3.05) is 12.8 Å². The Balaban J connectivity index is 2.29. The van der Waals surface area contributed by atoms with Crippen LogP contribution in [0.3, 0.4) is 0 Å². The molecule has 1 aromatic carbocycles. The largest absolute Gasteiger partial charge is 0.508 e. The Morgan fingerprint density at radius 3 is 3.00 bits per heavy atom. The summed E-state index contributed by atoms with van der Waals surface area (Å²) in [4.78, 5) is 1.21. The highest BCUT2D eigenvalue weighted by molar-refractivity contribution is 7.98. The van der Waals surface area contributed by atoms with Crippen LogP contribution in [0.2, 0.25) is 0 Å². The fraction of sp³-hybridized carbons (Fsp3) is 0.455. The minimum absolute atomic E-state index is 0.349. The van der Waals surface area contributed by atoms with E-state index in [1.54, 1.807) is 17.8 Å². The monoisotopic (exact) mass is 209 g/mol. The number of aromatic hydroxyl groups is 1. The molecule has 1 aromatic rings. The summed E-state index contributed by atoms with van der Waals surface area (Å²) in [6, 6.07) is 6.19. The number of nitrogens with one attached hydrogen (secondary N) is 1. The predicted molar refractivity (Wildman–Crippen MR) is 59.9 cm³/mol. The van der Waals surface area contributed by atoms with E-state index >= 15 is 0 Å². The van der Waals surface area contributed by atoms with Crippen molar-refractivity contribution in [3.63, 3.8) is 0 Å². The van der Waals surface area contributed by atoms with E-state index in [4.69, 9.17) is 0 Å². The fourth-order valence-electron chi connectivity index (χ4n) is 1.89. The standard InChI is InChI=1S/C11H15NOS/c1-14-8-4-5-11(13)9(7-8)10-3-2-6-12-10/h4-5,7,10,12-13H,2-3,6H2,1H3/t10-/m0/s1. The molecule has 1 atom stereocenters. The van der Waals surface area contributed by atoms with E-state index < -0.39 is 0 Å². The van der Waals surface area contributed by atoms with Gasteiger partial charge in [0.05, 0.1) is 0 Å². The van der Waals surface area contributed by atoms with Gasteiger partial charge in [0.1, 0.15) is 5.75 Å². The van der Waals surface area contributed by atoms with E-state index in [0.29, 0.717) is 11.8 Å². The highest BCUT2D eigenvalue weighted by Crippen LogP contribution is 2.32. The Bertz CT molecular complexity index is 321. The molecule has 0 radical (unpaired) electrons. The van der Waals surface area contributed by atoms with Crippen LogP contribution < -0.4 is 5.32 Å². The predicted octanol–water partition coefficient (Wildman–Crippen LogP) is 2.54. The molecule has 1 fully saturated rings. The van der Waals surface area contributed by atoms with Gasteiger partial charge in [0, 0.05) is 16.5 Å².